The smallest absolute Gasteiger partial charge is 0.141 e. The second-order valence-corrected chi connectivity index (χ2v) is 4.17. The number of aromatic amines is 1. The molecule has 2 aromatic heterocycles. The van der Waals surface area contributed by atoms with Crippen molar-refractivity contribution in [3.63, 3.8) is 0 Å². The molecule has 3 aromatic rings. The van der Waals surface area contributed by atoms with Gasteiger partial charge in [0.1, 0.15) is 16.7 Å². The summed E-state index contributed by atoms with van der Waals surface area (Å²) < 4.78 is 5.17. The van der Waals surface area contributed by atoms with Gasteiger partial charge in [0.25, 0.3) is 0 Å². The molecule has 0 amide bonds. The van der Waals surface area contributed by atoms with Crippen LogP contribution < -0.4 is 4.74 Å². The van der Waals surface area contributed by atoms with Crippen molar-refractivity contribution in [1.29, 1.82) is 0 Å². The van der Waals surface area contributed by atoms with Crippen molar-refractivity contribution >= 4 is 22.6 Å². The second-order valence-electron chi connectivity index (χ2n) is 3.81. The Morgan fingerprint density at radius 2 is 2.17 bits per heavy atom. The number of fused-ring (bicyclic) bond motifs is 1. The van der Waals surface area contributed by atoms with Crippen LogP contribution in [0, 0.1) is 0 Å². The molecule has 0 fully saturated rings. The molecule has 0 radical (unpaired) electrons. The number of nitrogens with zero attached hydrogens (tertiary/aromatic N) is 2. The standard InChI is InChI=1S/C13H10ClN3O/c1-18-8-4-5-10-11(7-8)17-13(16-10)9-3-2-6-15-12(9)14/h2-7H,1H3,(H,16,17). The lowest BCUT2D eigenvalue weighted by molar-refractivity contribution is 0.415. The summed E-state index contributed by atoms with van der Waals surface area (Å²) in [4.78, 5) is 11.7. The zero-order valence-corrected chi connectivity index (χ0v) is 10.4. The fourth-order valence-corrected chi connectivity index (χ4v) is 2.01. The molecule has 18 heavy (non-hydrogen) atoms. The van der Waals surface area contributed by atoms with E-state index in [9.17, 15) is 0 Å². The maximum Gasteiger partial charge on any atom is 0.141 e. The van der Waals surface area contributed by atoms with E-state index in [-0.39, 0.29) is 0 Å². The minimum Gasteiger partial charge on any atom is -0.497 e. The molecule has 2 heterocycles. The first-order valence-electron chi connectivity index (χ1n) is 5.42. The number of rotatable bonds is 2. The third-order valence-corrected chi connectivity index (χ3v) is 3.00. The van der Waals surface area contributed by atoms with Gasteiger partial charge in [-0.05, 0) is 24.3 Å². The van der Waals surface area contributed by atoms with Gasteiger partial charge >= 0.3 is 0 Å². The van der Waals surface area contributed by atoms with Crippen LogP contribution in [0.15, 0.2) is 36.5 Å². The fourth-order valence-electron chi connectivity index (χ4n) is 1.81. The molecule has 0 aliphatic heterocycles. The maximum atomic E-state index is 6.05. The molecular formula is C13H10ClN3O. The average molecular weight is 260 g/mol. The summed E-state index contributed by atoms with van der Waals surface area (Å²) in [5, 5.41) is 0.434. The highest BCUT2D eigenvalue weighted by Crippen LogP contribution is 2.26. The Bertz CT molecular complexity index is 708. The van der Waals surface area contributed by atoms with E-state index < -0.39 is 0 Å². The van der Waals surface area contributed by atoms with Gasteiger partial charge in [0.15, 0.2) is 0 Å². The zero-order chi connectivity index (χ0) is 12.5. The van der Waals surface area contributed by atoms with E-state index in [2.05, 4.69) is 15.0 Å². The summed E-state index contributed by atoms with van der Waals surface area (Å²) in [5.74, 6) is 1.49. The van der Waals surface area contributed by atoms with Crippen LogP contribution in [0.5, 0.6) is 5.75 Å². The number of hydrogen-bond donors (Lipinski definition) is 1. The number of aromatic nitrogens is 3. The topological polar surface area (TPSA) is 50.8 Å². The number of methoxy groups -OCH3 is 1. The van der Waals surface area contributed by atoms with Crippen LogP contribution in [-0.2, 0) is 0 Å². The normalized spacial score (nSPS) is 10.8. The summed E-state index contributed by atoms with van der Waals surface area (Å²) in [5.41, 5.74) is 2.56. The molecule has 0 saturated heterocycles. The van der Waals surface area contributed by atoms with Crippen LogP contribution in [0.4, 0.5) is 0 Å². The molecule has 0 bridgehead atoms. The Hall–Kier alpha value is -2.07. The highest BCUT2D eigenvalue weighted by Gasteiger charge is 2.09. The molecule has 0 unspecified atom stereocenters. The maximum absolute atomic E-state index is 6.05. The van der Waals surface area contributed by atoms with Crippen molar-refractivity contribution in [2.24, 2.45) is 0 Å². The highest BCUT2D eigenvalue weighted by atomic mass is 35.5. The first-order valence-corrected chi connectivity index (χ1v) is 5.80. The van der Waals surface area contributed by atoms with Crippen molar-refractivity contribution < 1.29 is 4.74 Å². The lowest BCUT2D eigenvalue weighted by Crippen LogP contribution is -1.83. The van der Waals surface area contributed by atoms with Crippen molar-refractivity contribution in [3.8, 4) is 17.1 Å². The van der Waals surface area contributed by atoms with Crippen molar-refractivity contribution in [3.05, 3.63) is 41.7 Å². The van der Waals surface area contributed by atoms with Gasteiger partial charge in [-0.2, -0.15) is 0 Å². The van der Waals surface area contributed by atoms with Crippen LogP contribution in [-0.4, -0.2) is 22.1 Å². The van der Waals surface area contributed by atoms with Crippen molar-refractivity contribution in [2.75, 3.05) is 7.11 Å². The van der Waals surface area contributed by atoms with E-state index in [0.717, 1.165) is 22.3 Å². The number of ether oxygens (including phenoxy) is 1. The second kappa shape index (κ2) is 4.31. The van der Waals surface area contributed by atoms with Crippen molar-refractivity contribution in [2.45, 2.75) is 0 Å². The summed E-state index contributed by atoms with van der Waals surface area (Å²) in [7, 11) is 1.64. The summed E-state index contributed by atoms with van der Waals surface area (Å²) in [6.45, 7) is 0. The average Bonchev–Trinajstić information content (AvgIpc) is 2.81. The molecule has 0 aliphatic rings. The number of imidazole rings is 1. The number of hydrogen-bond acceptors (Lipinski definition) is 3. The number of nitrogens with one attached hydrogen (secondary N) is 1. The molecule has 0 atom stereocenters. The van der Waals surface area contributed by atoms with Gasteiger partial charge in [0.2, 0.25) is 0 Å². The van der Waals surface area contributed by atoms with Gasteiger partial charge in [-0.15, -0.1) is 0 Å². The Balaban J connectivity index is 2.17. The highest BCUT2D eigenvalue weighted by molar-refractivity contribution is 6.31. The Morgan fingerprint density at radius 1 is 1.28 bits per heavy atom. The predicted octanol–water partition coefficient (Wildman–Crippen LogP) is 3.29. The molecule has 90 valence electrons. The minimum atomic E-state index is 0.434. The van der Waals surface area contributed by atoms with Crippen LogP contribution in [0.25, 0.3) is 22.4 Å². The molecule has 1 aromatic carbocycles. The number of benzene rings is 1. The van der Waals surface area contributed by atoms with Crippen molar-refractivity contribution in [1.82, 2.24) is 15.0 Å². The van der Waals surface area contributed by atoms with Crippen LogP contribution in [0.1, 0.15) is 0 Å². The van der Waals surface area contributed by atoms with Gasteiger partial charge < -0.3 is 9.72 Å². The van der Waals surface area contributed by atoms with Gasteiger partial charge in [0, 0.05) is 12.3 Å². The van der Waals surface area contributed by atoms with Gasteiger partial charge in [-0.3, -0.25) is 0 Å². The molecular weight excluding hydrogens is 250 g/mol. The third kappa shape index (κ3) is 1.80. The first-order chi connectivity index (χ1) is 8.78. The number of pyridine rings is 1. The summed E-state index contributed by atoms with van der Waals surface area (Å²) in [6, 6.07) is 9.38. The van der Waals surface area contributed by atoms with Crippen LogP contribution in [0.2, 0.25) is 5.15 Å². The summed E-state index contributed by atoms with van der Waals surface area (Å²) in [6.07, 6.45) is 1.65. The lowest BCUT2D eigenvalue weighted by atomic mass is 10.3. The zero-order valence-electron chi connectivity index (χ0n) is 9.64. The van der Waals surface area contributed by atoms with Gasteiger partial charge in [-0.25, -0.2) is 9.97 Å². The van der Waals surface area contributed by atoms with E-state index in [0.29, 0.717) is 11.0 Å². The SMILES string of the molecule is COc1ccc2nc(-c3cccnc3Cl)[nH]c2c1. The van der Waals surface area contributed by atoms with Crippen LogP contribution in [0.3, 0.4) is 0 Å². The third-order valence-electron chi connectivity index (χ3n) is 2.70. The Labute approximate surface area is 109 Å². The molecule has 5 heteroatoms. The largest absolute Gasteiger partial charge is 0.497 e. The molecule has 1 N–H and O–H groups in total. The Kier molecular flexibility index (Phi) is 2.64. The molecule has 0 spiro atoms. The molecule has 4 nitrogen and oxygen atoms in total. The fraction of sp³-hybridized carbons (Fsp3) is 0.0769. The van der Waals surface area contributed by atoms with Gasteiger partial charge in [0.05, 0.1) is 23.7 Å². The van der Waals surface area contributed by atoms with E-state index in [4.69, 9.17) is 16.3 Å². The van der Waals surface area contributed by atoms with E-state index in [1.54, 1.807) is 13.3 Å². The monoisotopic (exact) mass is 259 g/mol. The molecule has 0 aliphatic carbocycles. The minimum absolute atomic E-state index is 0.434. The van der Waals surface area contributed by atoms with Crippen LogP contribution >= 0.6 is 11.6 Å². The first kappa shape index (κ1) is 11.0. The molecule has 0 saturated carbocycles. The van der Waals surface area contributed by atoms with E-state index in [1.807, 2.05) is 30.3 Å². The van der Waals surface area contributed by atoms with E-state index >= 15 is 0 Å². The number of H-pyrrole nitrogens is 1. The quantitative estimate of drug-likeness (QED) is 0.719. The lowest BCUT2D eigenvalue weighted by Gasteiger charge is -1.97. The summed E-state index contributed by atoms with van der Waals surface area (Å²) >= 11 is 6.05. The Morgan fingerprint density at radius 3 is 2.94 bits per heavy atom. The van der Waals surface area contributed by atoms with E-state index in [1.165, 1.54) is 0 Å². The van der Waals surface area contributed by atoms with Gasteiger partial charge in [-0.1, -0.05) is 11.6 Å². The predicted molar refractivity (Wildman–Crippen MR) is 70.9 cm³/mol. The number of halogens is 1. The molecule has 3 rings (SSSR count).